The second-order valence-corrected chi connectivity index (χ2v) is 6.86. The molecule has 0 bridgehead atoms. The zero-order valence-corrected chi connectivity index (χ0v) is 16.2. The van der Waals surface area contributed by atoms with Gasteiger partial charge in [0.15, 0.2) is 0 Å². The van der Waals surface area contributed by atoms with E-state index >= 15 is 0 Å². The van der Waals surface area contributed by atoms with Gasteiger partial charge in [0.05, 0.1) is 0 Å². The Bertz CT molecular complexity index is 974. The van der Waals surface area contributed by atoms with Crippen LogP contribution in [0.25, 0.3) is 0 Å². The quantitative estimate of drug-likeness (QED) is 0.511. The minimum Gasteiger partial charge on any atom is -0.348 e. The molecule has 0 fully saturated rings. The predicted octanol–water partition coefficient (Wildman–Crippen LogP) is 5.57. The Kier molecular flexibility index (Phi) is 6.53. The normalized spacial score (nSPS) is 10.2. The third-order valence-electron chi connectivity index (χ3n) is 3.80. The first-order valence-electron chi connectivity index (χ1n) is 8.46. The summed E-state index contributed by atoms with van der Waals surface area (Å²) in [5.41, 5.74) is 2.40. The lowest BCUT2D eigenvalue weighted by Gasteiger charge is -2.10. The average Bonchev–Trinajstić information content (AvgIpc) is 2.66. The van der Waals surface area contributed by atoms with Crippen molar-refractivity contribution in [2.45, 2.75) is 6.54 Å². The van der Waals surface area contributed by atoms with Crippen LogP contribution in [-0.4, -0.2) is 11.9 Å². The van der Waals surface area contributed by atoms with E-state index in [0.29, 0.717) is 33.5 Å². The van der Waals surface area contributed by atoms with E-state index in [1.54, 1.807) is 42.5 Å². The molecule has 0 aromatic heterocycles. The van der Waals surface area contributed by atoms with Crippen molar-refractivity contribution in [3.05, 3.63) is 94.0 Å². The van der Waals surface area contributed by atoms with Crippen molar-refractivity contribution in [1.82, 2.24) is 5.32 Å². The summed E-state index contributed by atoms with van der Waals surface area (Å²) >= 11 is 11.8. The minimum atomic E-state index is -0.472. The van der Waals surface area contributed by atoms with Gasteiger partial charge in [-0.1, -0.05) is 59.6 Å². The van der Waals surface area contributed by atoms with Gasteiger partial charge in [-0.25, -0.2) is 4.79 Å². The first-order chi connectivity index (χ1) is 13.5. The molecule has 3 aromatic carbocycles. The summed E-state index contributed by atoms with van der Waals surface area (Å²) in [6.45, 7) is 0.424. The Balaban J connectivity index is 1.60. The number of carbonyl (C=O) groups excluding carboxylic acids is 2. The average molecular weight is 414 g/mol. The van der Waals surface area contributed by atoms with Crippen LogP contribution < -0.4 is 16.0 Å². The fraction of sp³-hybridized carbons (Fsp3) is 0.0476. The van der Waals surface area contributed by atoms with Crippen molar-refractivity contribution in [2.24, 2.45) is 0 Å². The third kappa shape index (κ3) is 5.74. The van der Waals surface area contributed by atoms with E-state index < -0.39 is 6.03 Å². The molecule has 3 rings (SSSR count). The number of hydrogen-bond acceptors (Lipinski definition) is 2. The van der Waals surface area contributed by atoms with E-state index in [0.717, 1.165) is 5.56 Å². The van der Waals surface area contributed by atoms with Crippen LogP contribution in [0.2, 0.25) is 10.0 Å². The molecule has 3 amide bonds. The van der Waals surface area contributed by atoms with Gasteiger partial charge in [0.1, 0.15) is 0 Å². The Labute approximate surface area is 172 Å². The molecule has 0 spiro atoms. The Morgan fingerprint density at radius 2 is 1.43 bits per heavy atom. The topological polar surface area (TPSA) is 70.2 Å². The van der Waals surface area contributed by atoms with Crippen molar-refractivity contribution in [3.63, 3.8) is 0 Å². The first-order valence-corrected chi connectivity index (χ1v) is 9.21. The molecule has 3 N–H and O–H groups in total. The van der Waals surface area contributed by atoms with Crippen molar-refractivity contribution in [2.75, 3.05) is 10.6 Å². The van der Waals surface area contributed by atoms with Crippen LogP contribution in [0.15, 0.2) is 72.8 Å². The van der Waals surface area contributed by atoms with Gasteiger partial charge in [-0.15, -0.1) is 0 Å². The number of anilines is 2. The molecule has 0 saturated carbocycles. The maximum absolute atomic E-state index is 12.4. The van der Waals surface area contributed by atoms with Crippen LogP contribution in [0.1, 0.15) is 15.9 Å². The number of benzene rings is 3. The number of urea groups is 1. The highest BCUT2D eigenvalue weighted by atomic mass is 35.5. The molecule has 0 heterocycles. The summed E-state index contributed by atoms with van der Waals surface area (Å²) in [6, 6.07) is 20.6. The standard InChI is InChI=1S/C21H17Cl2N3O2/c22-16-10-17(23)12-19(11-16)26-21(28)25-18-8-4-7-15(9-18)20(27)24-13-14-5-2-1-3-6-14/h1-12H,13H2,(H,24,27)(H2,25,26,28). The maximum Gasteiger partial charge on any atom is 0.323 e. The SMILES string of the molecule is O=C(Nc1cc(Cl)cc(Cl)c1)Nc1cccc(C(=O)NCc2ccccc2)c1. The van der Waals surface area contributed by atoms with Crippen molar-refractivity contribution in [3.8, 4) is 0 Å². The highest BCUT2D eigenvalue weighted by Crippen LogP contribution is 2.22. The zero-order valence-electron chi connectivity index (χ0n) is 14.7. The number of halogens is 2. The van der Waals surface area contributed by atoms with Crippen LogP contribution in [0.3, 0.4) is 0 Å². The maximum atomic E-state index is 12.4. The van der Waals surface area contributed by atoms with E-state index in [9.17, 15) is 9.59 Å². The number of nitrogens with one attached hydrogen (secondary N) is 3. The Morgan fingerprint density at radius 1 is 0.750 bits per heavy atom. The number of hydrogen-bond donors (Lipinski definition) is 3. The smallest absolute Gasteiger partial charge is 0.323 e. The Morgan fingerprint density at radius 3 is 2.14 bits per heavy atom. The van der Waals surface area contributed by atoms with E-state index in [1.165, 1.54) is 0 Å². The lowest BCUT2D eigenvalue weighted by molar-refractivity contribution is 0.0951. The summed E-state index contributed by atoms with van der Waals surface area (Å²) in [4.78, 5) is 24.5. The van der Waals surface area contributed by atoms with Gasteiger partial charge >= 0.3 is 6.03 Å². The van der Waals surface area contributed by atoms with Crippen molar-refractivity contribution in [1.29, 1.82) is 0 Å². The van der Waals surface area contributed by atoms with Crippen LogP contribution >= 0.6 is 23.2 Å². The van der Waals surface area contributed by atoms with Crippen LogP contribution in [0.5, 0.6) is 0 Å². The van der Waals surface area contributed by atoms with Crippen LogP contribution in [-0.2, 0) is 6.54 Å². The fourth-order valence-electron chi connectivity index (χ4n) is 2.54. The zero-order chi connectivity index (χ0) is 19.9. The van der Waals surface area contributed by atoms with Gasteiger partial charge in [-0.2, -0.15) is 0 Å². The Hall–Kier alpha value is -3.02. The monoisotopic (exact) mass is 413 g/mol. The summed E-state index contributed by atoms with van der Waals surface area (Å²) in [7, 11) is 0. The predicted molar refractivity (Wildman–Crippen MR) is 113 cm³/mol. The van der Waals surface area contributed by atoms with Gasteiger partial charge < -0.3 is 16.0 Å². The van der Waals surface area contributed by atoms with E-state index in [1.807, 2.05) is 30.3 Å². The van der Waals surface area contributed by atoms with Crippen LogP contribution in [0, 0.1) is 0 Å². The molecule has 0 unspecified atom stereocenters. The molecule has 0 aliphatic heterocycles. The van der Waals surface area contributed by atoms with Gasteiger partial charge in [0, 0.05) is 33.5 Å². The van der Waals surface area contributed by atoms with Gasteiger partial charge in [-0.3, -0.25) is 4.79 Å². The van der Waals surface area contributed by atoms with Gasteiger partial charge in [0.25, 0.3) is 5.91 Å². The van der Waals surface area contributed by atoms with E-state index in [2.05, 4.69) is 16.0 Å². The second kappa shape index (κ2) is 9.26. The molecule has 142 valence electrons. The molecule has 7 heteroatoms. The first kappa shape index (κ1) is 19.7. The van der Waals surface area contributed by atoms with E-state index in [4.69, 9.17) is 23.2 Å². The van der Waals surface area contributed by atoms with Crippen molar-refractivity contribution < 1.29 is 9.59 Å². The summed E-state index contributed by atoms with van der Waals surface area (Å²) < 4.78 is 0. The summed E-state index contributed by atoms with van der Waals surface area (Å²) in [5.74, 6) is -0.227. The fourth-order valence-corrected chi connectivity index (χ4v) is 3.06. The van der Waals surface area contributed by atoms with Gasteiger partial charge in [-0.05, 0) is 42.0 Å². The molecule has 5 nitrogen and oxygen atoms in total. The molecule has 28 heavy (non-hydrogen) atoms. The second-order valence-electron chi connectivity index (χ2n) is 5.99. The minimum absolute atomic E-state index is 0.227. The van der Waals surface area contributed by atoms with Crippen LogP contribution in [0.4, 0.5) is 16.2 Å². The number of rotatable bonds is 5. The highest BCUT2D eigenvalue weighted by molar-refractivity contribution is 6.35. The lowest BCUT2D eigenvalue weighted by Crippen LogP contribution is -2.23. The molecular formula is C21H17Cl2N3O2. The van der Waals surface area contributed by atoms with E-state index in [-0.39, 0.29) is 5.91 Å². The molecule has 0 saturated heterocycles. The van der Waals surface area contributed by atoms with Crippen molar-refractivity contribution >= 4 is 46.5 Å². The largest absolute Gasteiger partial charge is 0.348 e. The molecule has 0 radical (unpaired) electrons. The molecule has 3 aromatic rings. The summed E-state index contributed by atoms with van der Waals surface area (Å²) in [5, 5.41) is 9.01. The number of carbonyl (C=O) groups is 2. The highest BCUT2D eigenvalue weighted by Gasteiger charge is 2.09. The molecular weight excluding hydrogens is 397 g/mol. The molecule has 0 aliphatic carbocycles. The summed E-state index contributed by atoms with van der Waals surface area (Å²) in [6.07, 6.45) is 0. The third-order valence-corrected chi connectivity index (χ3v) is 4.24. The lowest BCUT2D eigenvalue weighted by atomic mass is 10.1. The molecule has 0 aliphatic rings. The molecule has 0 atom stereocenters. The number of amides is 3. The van der Waals surface area contributed by atoms with Gasteiger partial charge in [0.2, 0.25) is 0 Å².